The molecular weight excluding hydrogens is 358 g/mol. The number of carbonyl (C=O) groups excluding carboxylic acids is 4. The van der Waals surface area contributed by atoms with Gasteiger partial charge in [0.15, 0.2) is 0 Å². The summed E-state index contributed by atoms with van der Waals surface area (Å²) in [5.41, 5.74) is 2.16. The van der Waals surface area contributed by atoms with Gasteiger partial charge in [0.1, 0.15) is 6.54 Å². The molecular formula is C21H29N3O4. The summed E-state index contributed by atoms with van der Waals surface area (Å²) in [6, 6.07) is 6.58. The van der Waals surface area contributed by atoms with Gasteiger partial charge in [-0.05, 0) is 36.8 Å². The first-order valence-corrected chi connectivity index (χ1v) is 9.62. The largest absolute Gasteiger partial charge is 0.347 e. The van der Waals surface area contributed by atoms with E-state index in [0.29, 0.717) is 10.8 Å². The number of benzene rings is 1. The van der Waals surface area contributed by atoms with Crippen molar-refractivity contribution < 1.29 is 19.2 Å². The first-order chi connectivity index (χ1) is 13.0. The minimum atomic E-state index is -0.962. The van der Waals surface area contributed by atoms with Crippen molar-refractivity contribution in [3.8, 4) is 0 Å². The Kier molecular flexibility index (Phi) is 6.59. The summed E-state index contributed by atoms with van der Waals surface area (Å²) in [6.45, 7) is 11.0. The minimum Gasteiger partial charge on any atom is -0.347 e. The zero-order valence-corrected chi connectivity index (χ0v) is 17.4. The van der Waals surface area contributed by atoms with Gasteiger partial charge in [-0.3, -0.25) is 19.3 Å². The molecule has 0 aliphatic carbocycles. The van der Waals surface area contributed by atoms with Gasteiger partial charge in [-0.2, -0.15) is 0 Å². The van der Waals surface area contributed by atoms with Gasteiger partial charge in [0.05, 0.1) is 6.04 Å². The van der Waals surface area contributed by atoms with Crippen molar-refractivity contribution in [2.45, 2.75) is 59.5 Å². The fourth-order valence-corrected chi connectivity index (χ4v) is 3.20. The van der Waals surface area contributed by atoms with E-state index in [9.17, 15) is 19.2 Å². The second-order valence-electron chi connectivity index (χ2n) is 8.05. The van der Waals surface area contributed by atoms with Gasteiger partial charge in [-0.25, -0.2) is 9.69 Å². The highest BCUT2D eigenvalue weighted by atomic mass is 16.2. The molecule has 1 aromatic carbocycles. The van der Waals surface area contributed by atoms with Crippen LogP contribution in [0.3, 0.4) is 0 Å². The lowest BCUT2D eigenvalue weighted by atomic mass is 9.93. The van der Waals surface area contributed by atoms with Gasteiger partial charge in [-0.15, -0.1) is 0 Å². The summed E-state index contributed by atoms with van der Waals surface area (Å²) in [4.78, 5) is 50.5. The summed E-state index contributed by atoms with van der Waals surface area (Å²) in [5.74, 6) is -1.82. The molecule has 0 spiro atoms. The minimum absolute atomic E-state index is 0.104. The first-order valence-electron chi connectivity index (χ1n) is 9.62. The van der Waals surface area contributed by atoms with Crippen molar-refractivity contribution in [3.63, 3.8) is 0 Å². The van der Waals surface area contributed by atoms with Crippen LogP contribution in [0, 0.1) is 5.92 Å². The predicted molar refractivity (Wildman–Crippen MR) is 105 cm³/mol. The van der Waals surface area contributed by atoms with E-state index >= 15 is 0 Å². The topological polar surface area (TPSA) is 86.8 Å². The molecule has 1 aromatic rings. The Morgan fingerprint density at radius 2 is 1.43 bits per heavy atom. The second kappa shape index (κ2) is 8.54. The fraction of sp³-hybridized carbons (Fsp3) is 0.524. The van der Waals surface area contributed by atoms with E-state index in [1.165, 1.54) is 5.56 Å². The van der Waals surface area contributed by atoms with Gasteiger partial charge in [0, 0.05) is 6.04 Å². The zero-order chi connectivity index (χ0) is 21.2. The number of nitrogens with zero attached hydrogens (tertiary/aromatic N) is 2. The van der Waals surface area contributed by atoms with Crippen LogP contribution in [-0.2, 0) is 14.4 Å². The van der Waals surface area contributed by atoms with Crippen LogP contribution in [0.4, 0.5) is 4.79 Å². The average Bonchev–Trinajstić information content (AvgIpc) is 2.83. The maximum absolute atomic E-state index is 12.5. The lowest BCUT2D eigenvalue weighted by Gasteiger charge is -2.24. The van der Waals surface area contributed by atoms with Crippen molar-refractivity contribution in [2.75, 3.05) is 6.54 Å². The van der Waals surface area contributed by atoms with E-state index in [0.717, 1.165) is 10.5 Å². The summed E-state index contributed by atoms with van der Waals surface area (Å²) >= 11 is 0. The maximum atomic E-state index is 12.5. The molecule has 0 bridgehead atoms. The van der Waals surface area contributed by atoms with Crippen LogP contribution in [0.1, 0.15) is 64.6 Å². The quantitative estimate of drug-likeness (QED) is 0.576. The SMILES string of the molecule is CC(C)c1ccc([C@H](NC(=O)CN2C(=O)C(=O)N(C(C)C)C2=O)C(C)C)cc1. The molecule has 7 nitrogen and oxygen atoms in total. The standard InChI is InChI=1S/C21H29N3O4/c1-12(2)15-7-9-16(10-8-15)18(13(3)4)22-17(25)11-23-19(26)20(27)24(14(5)6)21(23)28/h7-10,12-14,18H,11H2,1-6H3,(H,22,25)/t18-/m1/s1. The third-order valence-corrected chi connectivity index (χ3v) is 4.85. The number of amides is 5. The third-order valence-electron chi connectivity index (χ3n) is 4.85. The highest BCUT2D eigenvalue weighted by molar-refractivity contribution is 6.45. The molecule has 28 heavy (non-hydrogen) atoms. The van der Waals surface area contributed by atoms with Crippen LogP contribution < -0.4 is 5.32 Å². The monoisotopic (exact) mass is 387 g/mol. The zero-order valence-electron chi connectivity index (χ0n) is 17.4. The van der Waals surface area contributed by atoms with E-state index in [4.69, 9.17) is 0 Å². The number of hydrogen-bond donors (Lipinski definition) is 1. The van der Waals surface area contributed by atoms with E-state index in [1.807, 2.05) is 38.1 Å². The lowest BCUT2D eigenvalue weighted by Crippen LogP contribution is -2.44. The van der Waals surface area contributed by atoms with Crippen molar-refractivity contribution in [3.05, 3.63) is 35.4 Å². The smallest absolute Gasteiger partial charge is 0.334 e. The van der Waals surface area contributed by atoms with E-state index in [-0.39, 0.29) is 12.0 Å². The molecule has 0 radical (unpaired) electrons. The molecule has 0 unspecified atom stereocenters. The first kappa shape index (κ1) is 21.6. The highest BCUT2D eigenvalue weighted by Gasteiger charge is 2.46. The van der Waals surface area contributed by atoms with Crippen LogP contribution in [0.15, 0.2) is 24.3 Å². The van der Waals surface area contributed by atoms with E-state index in [1.54, 1.807) is 13.8 Å². The summed E-state index contributed by atoms with van der Waals surface area (Å²) < 4.78 is 0. The van der Waals surface area contributed by atoms with Crippen molar-refractivity contribution in [1.82, 2.24) is 15.1 Å². The Balaban J connectivity index is 2.12. The lowest BCUT2D eigenvalue weighted by molar-refractivity contribution is -0.144. The van der Waals surface area contributed by atoms with Crippen molar-refractivity contribution in [1.29, 1.82) is 0 Å². The van der Waals surface area contributed by atoms with E-state index in [2.05, 4.69) is 19.2 Å². The van der Waals surface area contributed by atoms with Gasteiger partial charge in [0.2, 0.25) is 5.91 Å². The molecule has 1 atom stereocenters. The number of imide groups is 2. The second-order valence-corrected chi connectivity index (χ2v) is 8.05. The van der Waals surface area contributed by atoms with Crippen LogP contribution in [0.25, 0.3) is 0 Å². The van der Waals surface area contributed by atoms with Crippen molar-refractivity contribution >= 4 is 23.8 Å². The summed E-state index contributed by atoms with van der Waals surface area (Å²) in [5, 5.41) is 2.89. The summed E-state index contributed by atoms with van der Waals surface area (Å²) in [7, 11) is 0. The number of hydrogen-bond acceptors (Lipinski definition) is 4. The Hall–Kier alpha value is -2.70. The Morgan fingerprint density at radius 1 is 0.893 bits per heavy atom. The average molecular weight is 387 g/mol. The molecule has 7 heteroatoms. The molecule has 1 aliphatic rings. The van der Waals surface area contributed by atoms with Crippen LogP contribution in [-0.4, -0.2) is 46.1 Å². The third kappa shape index (κ3) is 4.40. The Labute approximate surface area is 166 Å². The van der Waals surface area contributed by atoms with Crippen LogP contribution in [0.2, 0.25) is 0 Å². The highest BCUT2D eigenvalue weighted by Crippen LogP contribution is 2.24. The number of urea groups is 1. The molecule has 1 N–H and O–H groups in total. The number of rotatable bonds is 7. The Morgan fingerprint density at radius 3 is 1.86 bits per heavy atom. The normalized spacial score (nSPS) is 16.0. The molecule has 1 aliphatic heterocycles. The molecule has 0 aromatic heterocycles. The van der Waals surface area contributed by atoms with Gasteiger partial charge in [-0.1, -0.05) is 52.0 Å². The fourth-order valence-electron chi connectivity index (χ4n) is 3.20. The van der Waals surface area contributed by atoms with Gasteiger partial charge in [0.25, 0.3) is 0 Å². The maximum Gasteiger partial charge on any atom is 0.334 e. The number of nitrogens with one attached hydrogen (secondary N) is 1. The predicted octanol–water partition coefficient (Wildman–Crippen LogP) is 2.82. The van der Waals surface area contributed by atoms with E-state index < -0.39 is 36.3 Å². The molecule has 0 saturated carbocycles. The molecule has 1 heterocycles. The van der Waals surface area contributed by atoms with Gasteiger partial charge < -0.3 is 5.32 Å². The molecule has 2 rings (SSSR count). The van der Waals surface area contributed by atoms with Crippen LogP contribution in [0.5, 0.6) is 0 Å². The molecule has 5 amide bonds. The Bertz CT molecular complexity index is 768. The summed E-state index contributed by atoms with van der Waals surface area (Å²) in [6.07, 6.45) is 0. The molecule has 1 fully saturated rings. The van der Waals surface area contributed by atoms with Crippen molar-refractivity contribution in [2.24, 2.45) is 5.92 Å². The molecule has 152 valence electrons. The van der Waals surface area contributed by atoms with Crippen LogP contribution >= 0.6 is 0 Å². The molecule has 1 saturated heterocycles. The number of carbonyl (C=O) groups is 4. The van der Waals surface area contributed by atoms with Gasteiger partial charge >= 0.3 is 17.8 Å².